The summed E-state index contributed by atoms with van der Waals surface area (Å²) < 4.78 is 5.09. The van der Waals surface area contributed by atoms with Gasteiger partial charge in [0, 0.05) is 12.3 Å². The van der Waals surface area contributed by atoms with Crippen LogP contribution >= 0.6 is 11.8 Å². The summed E-state index contributed by atoms with van der Waals surface area (Å²) in [5, 5.41) is 2.75. The molecule has 10 nitrogen and oxygen atoms in total. The molecule has 30 heavy (non-hydrogen) atoms. The van der Waals surface area contributed by atoms with E-state index in [9.17, 15) is 4.79 Å². The number of methoxy groups -OCH3 is 1. The smallest absolute Gasteiger partial charge is 0.240 e. The van der Waals surface area contributed by atoms with Crippen LogP contribution in [0.15, 0.2) is 53.9 Å². The van der Waals surface area contributed by atoms with Crippen molar-refractivity contribution in [2.75, 3.05) is 18.2 Å². The minimum Gasteiger partial charge on any atom is -0.481 e. The molecule has 3 aromatic heterocycles. The van der Waals surface area contributed by atoms with Crippen LogP contribution in [0.2, 0.25) is 0 Å². The number of rotatable bonds is 7. The van der Waals surface area contributed by atoms with Crippen LogP contribution in [0.1, 0.15) is 5.56 Å². The number of nitrogens with one attached hydrogen (secondary N) is 2. The fourth-order valence-corrected chi connectivity index (χ4v) is 3.89. The van der Waals surface area contributed by atoms with Gasteiger partial charge in [0.25, 0.3) is 0 Å². The topological polar surface area (TPSA) is 145 Å². The lowest BCUT2D eigenvalue weighted by molar-refractivity contribution is -0.115. The van der Waals surface area contributed by atoms with Gasteiger partial charge in [0.05, 0.1) is 18.7 Å². The number of anilines is 2. The van der Waals surface area contributed by atoms with Gasteiger partial charge in [0.1, 0.15) is 10.5 Å². The molecule has 0 spiro atoms. The van der Waals surface area contributed by atoms with Crippen molar-refractivity contribution >= 4 is 40.7 Å². The van der Waals surface area contributed by atoms with Crippen molar-refractivity contribution in [3.05, 3.63) is 54.5 Å². The van der Waals surface area contributed by atoms with E-state index in [-0.39, 0.29) is 17.8 Å². The van der Waals surface area contributed by atoms with Gasteiger partial charge in [0.2, 0.25) is 23.7 Å². The highest BCUT2D eigenvalue weighted by atomic mass is 32.2. The number of nitrogens with zero attached hydrogens (tertiary/aromatic N) is 5. The highest BCUT2D eigenvalue weighted by Crippen LogP contribution is 2.30. The van der Waals surface area contributed by atoms with Crippen LogP contribution < -0.4 is 15.8 Å². The van der Waals surface area contributed by atoms with Gasteiger partial charge in [-0.15, -0.1) is 0 Å². The van der Waals surface area contributed by atoms with Gasteiger partial charge in [-0.05, 0) is 12.0 Å². The number of amides is 1. The van der Waals surface area contributed by atoms with E-state index < -0.39 is 5.25 Å². The van der Waals surface area contributed by atoms with Crippen LogP contribution in [0, 0.1) is 0 Å². The second kappa shape index (κ2) is 8.74. The number of aromatic nitrogens is 6. The second-order valence-corrected chi connectivity index (χ2v) is 7.39. The Morgan fingerprint density at radius 3 is 2.83 bits per heavy atom. The van der Waals surface area contributed by atoms with Crippen molar-refractivity contribution < 1.29 is 9.53 Å². The Labute approximate surface area is 175 Å². The second-order valence-electron chi connectivity index (χ2n) is 6.20. The van der Waals surface area contributed by atoms with E-state index in [1.807, 2.05) is 30.3 Å². The first-order valence-corrected chi connectivity index (χ1v) is 9.85. The molecule has 3 heterocycles. The van der Waals surface area contributed by atoms with E-state index >= 15 is 0 Å². The zero-order valence-corrected chi connectivity index (χ0v) is 16.8. The Kier molecular flexibility index (Phi) is 5.70. The van der Waals surface area contributed by atoms with Crippen molar-refractivity contribution in [1.82, 2.24) is 29.9 Å². The molecule has 0 aliphatic rings. The van der Waals surface area contributed by atoms with E-state index in [1.54, 1.807) is 6.07 Å². The highest BCUT2D eigenvalue weighted by molar-refractivity contribution is 8.00. The maximum absolute atomic E-state index is 13.1. The van der Waals surface area contributed by atoms with Gasteiger partial charge in [-0.1, -0.05) is 42.1 Å². The summed E-state index contributed by atoms with van der Waals surface area (Å²) in [6.45, 7) is 0. The number of carbonyl (C=O) groups is 1. The molecule has 0 unspecified atom stereocenters. The Bertz CT molecular complexity index is 1170. The summed E-state index contributed by atoms with van der Waals surface area (Å²) >= 11 is 1.27. The maximum atomic E-state index is 13.1. The quantitative estimate of drug-likeness (QED) is 0.301. The van der Waals surface area contributed by atoms with Crippen molar-refractivity contribution in [2.45, 2.75) is 16.7 Å². The number of benzene rings is 1. The number of H-pyrrole nitrogens is 1. The normalized spacial score (nSPS) is 11.9. The summed E-state index contributed by atoms with van der Waals surface area (Å²) in [5.41, 5.74) is 7.89. The summed E-state index contributed by atoms with van der Waals surface area (Å²) in [5.74, 6) is 0.330. The van der Waals surface area contributed by atoms with Crippen molar-refractivity contribution in [1.29, 1.82) is 0 Å². The molecule has 0 saturated heterocycles. The number of nitrogens with two attached hydrogens (primary N) is 1. The minimum atomic E-state index is -0.539. The van der Waals surface area contributed by atoms with Crippen LogP contribution in [0.4, 0.5) is 11.9 Å². The highest BCUT2D eigenvalue weighted by Gasteiger charge is 2.24. The molecular weight excluding hydrogens is 404 g/mol. The van der Waals surface area contributed by atoms with Crippen molar-refractivity contribution in [3.8, 4) is 5.88 Å². The van der Waals surface area contributed by atoms with E-state index in [2.05, 4.69) is 35.2 Å². The first kappa shape index (κ1) is 19.6. The van der Waals surface area contributed by atoms with E-state index in [1.165, 1.54) is 31.4 Å². The largest absolute Gasteiger partial charge is 0.481 e. The molecule has 1 aromatic carbocycles. The van der Waals surface area contributed by atoms with Gasteiger partial charge in [-0.25, -0.2) is 15.0 Å². The summed E-state index contributed by atoms with van der Waals surface area (Å²) in [4.78, 5) is 36.9. The predicted octanol–water partition coefficient (Wildman–Crippen LogP) is 2.08. The van der Waals surface area contributed by atoms with Crippen LogP contribution in [0.5, 0.6) is 5.88 Å². The van der Waals surface area contributed by atoms with Gasteiger partial charge in [-0.3, -0.25) is 10.1 Å². The molecule has 4 N–H and O–H groups in total. The first-order chi connectivity index (χ1) is 14.6. The number of nitrogen functional groups attached to an aromatic ring is 1. The molecular formula is C19H18N8O2S. The molecule has 4 rings (SSSR count). The lowest BCUT2D eigenvalue weighted by atomic mass is 10.1. The molecule has 1 amide bonds. The standard InChI is InChI=1S/C19H18N8O2S/c1-29-13-7-8-21-19(24-13)26-16(28)12(9-11-5-3-2-4-6-11)30-17-14-15(23-10-22-14)25-18(20)27-17/h2-8,10,12H,9H2,1H3,(H,21,24,26,28)(H3,20,22,23,25,27)/t12-/m0/s1. The zero-order valence-electron chi connectivity index (χ0n) is 15.9. The summed E-state index contributed by atoms with van der Waals surface area (Å²) in [6, 6.07) is 11.3. The third-order valence-corrected chi connectivity index (χ3v) is 5.34. The Morgan fingerprint density at radius 2 is 2.03 bits per heavy atom. The molecule has 4 aromatic rings. The lowest BCUT2D eigenvalue weighted by Crippen LogP contribution is -2.28. The van der Waals surface area contributed by atoms with Gasteiger partial charge in [-0.2, -0.15) is 9.97 Å². The maximum Gasteiger partial charge on any atom is 0.240 e. The molecule has 0 aliphatic carbocycles. The molecule has 0 bridgehead atoms. The van der Waals surface area contributed by atoms with Gasteiger partial charge < -0.3 is 15.5 Å². The number of carbonyl (C=O) groups excluding carboxylic acids is 1. The van der Waals surface area contributed by atoms with E-state index in [0.717, 1.165) is 5.56 Å². The number of fused-ring (bicyclic) bond motifs is 1. The van der Waals surface area contributed by atoms with Crippen LogP contribution in [-0.2, 0) is 11.2 Å². The molecule has 1 atom stereocenters. The Balaban J connectivity index is 1.63. The average Bonchev–Trinajstić information content (AvgIpc) is 3.22. The summed E-state index contributed by atoms with van der Waals surface area (Å²) in [6.07, 6.45) is 3.49. The predicted molar refractivity (Wildman–Crippen MR) is 113 cm³/mol. The Hall–Kier alpha value is -3.73. The number of thioether (sulfide) groups is 1. The monoisotopic (exact) mass is 422 g/mol. The summed E-state index contributed by atoms with van der Waals surface area (Å²) in [7, 11) is 1.50. The number of hydrogen-bond acceptors (Lipinski definition) is 9. The van der Waals surface area contributed by atoms with Gasteiger partial charge in [0.15, 0.2) is 5.65 Å². The van der Waals surface area contributed by atoms with Crippen molar-refractivity contribution in [3.63, 3.8) is 0 Å². The van der Waals surface area contributed by atoms with Crippen LogP contribution in [-0.4, -0.2) is 48.2 Å². The number of aromatic amines is 1. The van der Waals surface area contributed by atoms with E-state index in [0.29, 0.717) is 28.5 Å². The van der Waals surface area contributed by atoms with Gasteiger partial charge >= 0.3 is 0 Å². The molecule has 11 heteroatoms. The molecule has 0 saturated carbocycles. The number of imidazole rings is 1. The SMILES string of the molecule is COc1ccnc(NC(=O)[C@H](Cc2ccccc2)Sc2nc(N)nc3nc[nH]c23)n1. The number of hydrogen-bond donors (Lipinski definition) is 3. The first-order valence-electron chi connectivity index (χ1n) is 8.97. The van der Waals surface area contributed by atoms with Crippen LogP contribution in [0.3, 0.4) is 0 Å². The zero-order chi connectivity index (χ0) is 20.9. The lowest BCUT2D eigenvalue weighted by Gasteiger charge is -2.16. The molecule has 0 aliphatic heterocycles. The minimum absolute atomic E-state index is 0.0899. The molecule has 0 radical (unpaired) electrons. The third kappa shape index (κ3) is 4.46. The fourth-order valence-electron chi connectivity index (χ4n) is 2.77. The molecule has 152 valence electrons. The third-order valence-electron chi connectivity index (χ3n) is 4.15. The van der Waals surface area contributed by atoms with E-state index in [4.69, 9.17) is 10.5 Å². The number of ether oxygens (including phenoxy) is 1. The van der Waals surface area contributed by atoms with Crippen molar-refractivity contribution in [2.24, 2.45) is 0 Å². The average molecular weight is 422 g/mol. The Morgan fingerprint density at radius 1 is 1.20 bits per heavy atom. The van der Waals surface area contributed by atoms with Crippen LogP contribution in [0.25, 0.3) is 11.2 Å². The molecule has 0 fully saturated rings. The fraction of sp³-hybridized carbons (Fsp3) is 0.158.